The molecule has 0 aromatic carbocycles. The highest BCUT2D eigenvalue weighted by Gasteiger charge is 2.25. The molecule has 470 valence electrons. The van der Waals surface area contributed by atoms with Gasteiger partial charge < -0.3 is 28.5 Å². The summed E-state index contributed by atoms with van der Waals surface area (Å²) >= 11 is 0. The minimum atomic E-state index is -1.53. The lowest BCUT2D eigenvalue weighted by atomic mass is 10.0. The fraction of sp³-hybridized carbons (Fsp3) is 0.635. The molecule has 0 aromatic rings. The Balaban J connectivity index is 4.24. The highest BCUT2D eigenvalue weighted by molar-refractivity contribution is 5.71. The molecule has 1 N–H and O–H groups in total. The van der Waals surface area contributed by atoms with Gasteiger partial charge >= 0.3 is 17.9 Å². The minimum absolute atomic E-state index is 0.172. The smallest absolute Gasteiger partial charge is 0.361 e. The molecule has 0 heterocycles. The monoisotopic (exact) mass is 1150 g/mol. The summed E-state index contributed by atoms with van der Waals surface area (Å²) in [6.45, 7) is 4.60. The molecule has 0 spiro atoms. The topological polar surface area (TPSA) is 108 Å². The van der Waals surface area contributed by atoms with Crippen LogP contribution in [0.25, 0.3) is 0 Å². The van der Waals surface area contributed by atoms with Crippen LogP contribution in [0.5, 0.6) is 0 Å². The number of esters is 2. The van der Waals surface area contributed by atoms with Gasteiger partial charge in [0.25, 0.3) is 6.29 Å². The first kappa shape index (κ1) is 78.2. The summed E-state index contributed by atoms with van der Waals surface area (Å²) in [5.74, 6) is -2.07. The maximum absolute atomic E-state index is 12.9. The Morgan fingerprint density at radius 2 is 0.651 bits per heavy atom. The SMILES string of the molecule is CC/C=C\C/C=C\C/C=C\C/C=C\C/C=C\C/C=C\C/C=C\C/C=C\CCCCC(=O)OC(COC(=O)CCCCCCCCCCCCCCCCCCCC/C=C\C/C=C\C/C=C\C/C=C\CC)COC(OCC[N+](C)(C)C)C(=O)O. The maximum Gasteiger partial charge on any atom is 0.361 e. The molecule has 0 aliphatic heterocycles. The predicted octanol–water partition coefficient (Wildman–Crippen LogP) is 20.3. The van der Waals surface area contributed by atoms with E-state index in [4.69, 9.17) is 18.9 Å². The van der Waals surface area contributed by atoms with Crippen molar-refractivity contribution in [3.63, 3.8) is 0 Å². The summed E-state index contributed by atoms with van der Waals surface area (Å²) < 4.78 is 22.9. The standard InChI is InChI=1S/C74H121NO8/c1-6-8-10-12-14-16-18-20-22-24-26-28-30-32-34-35-36-37-39-40-42-44-46-48-50-52-54-56-58-60-62-64-71(76)81-68-70(69-82-74(73(78)79)80-67-66-75(3,4)5)83-72(77)65-63-61-59-57-55-53-51-49-47-45-43-41-38-33-31-29-27-25-23-21-19-17-15-13-11-9-7-2/h8-11,14-17,20-23,26-29,33,38,43,45,49,51,55,57,70,74H,6-7,12-13,18-19,24-25,30-32,34-37,39-42,44,46-48,50,52-54,56,58-69H2,1-5H3/p+1/b10-8-,11-9-,16-14-,17-15-,22-20-,23-21-,28-26-,29-27-,38-33-,45-43-,51-49-,57-55-. The number of unbranched alkanes of at least 4 members (excludes halogenated alkanes) is 20. The Bertz CT molecular complexity index is 1870. The van der Waals surface area contributed by atoms with Gasteiger partial charge in [0.05, 0.1) is 34.4 Å². The fourth-order valence-corrected chi connectivity index (χ4v) is 8.61. The van der Waals surface area contributed by atoms with Crippen LogP contribution in [0.3, 0.4) is 0 Å². The molecule has 9 heteroatoms. The summed E-state index contributed by atoms with van der Waals surface area (Å²) in [5.41, 5.74) is 0. The minimum Gasteiger partial charge on any atom is -0.477 e. The third kappa shape index (κ3) is 64.6. The van der Waals surface area contributed by atoms with Crippen LogP contribution in [0, 0.1) is 0 Å². The quantitative estimate of drug-likeness (QED) is 0.0211. The number of carboxylic acids is 1. The van der Waals surface area contributed by atoms with E-state index in [0.717, 1.165) is 109 Å². The van der Waals surface area contributed by atoms with Gasteiger partial charge in [-0.15, -0.1) is 0 Å². The highest BCUT2D eigenvalue weighted by Crippen LogP contribution is 2.16. The molecule has 0 fully saturated rings. The Kier molecular flexibility index (Phi) is 59.5. The molecule has 0 saturated carbocycles. The molecule has 0 saturated heterocycles. The van der Waals surface area contributed by atoms with Crippen LogP contribution in [-0.4, -0.2) is 87.4 Å². The second-order valence-electron chi connectivity index (χ2n) is 22.7. The van der Waals surface area contributed by atoms with Crippen molar-refractivity contribution < 1.29 is 42.9 Å². The predicted molar refractivity (Wildman–Crippen MR) is 354 cm³/mol. The molecule has 83 heavy (non-hydrogen) atoms. The number of quaternary nitrogens is 1. The highest BCUT2D eigenvalue weighted by atomic mass is 16.7. The van der Waals surface area contributed by atoms with E-state index in [0.29, 0.717) is 17.4 Å². The zero-order valence-corrected chi connectivity index (χ0v) is 53.5. The fourth-order valence-electron chi connectivity index (χ4n) is 8.61. The molecule has 2 atom stereocenters. The van der Waals surface area contributed by atoms with Gasteiger partial charge in [0.1, 0.15) is 13.2 Å². The van der Waals surface area contributed by atoms with Crippen molar-refractivity contribution in [2.24, 2.45) is 0 Å². The Hall–Kier alpha value is -4.83. The van der Waals surface area contributed by atoms with Crippen molar-refractivity contribution in [1.82, 2.24) is 0 Å². The normalized spacial score (nSPS) is 13.7. The van der Waals surface area contributed by atoms with E-state index in [1.807, 2.05) is 21.1 Å². The molecule has 0 aliphatic rings. The van der Waals surface area contributed by atoms with Crippen molar-refractivity contribution in [1.29, 1.82) is 0 Å². The van der Waals surface area contributed by atoms with Crippen LogP contribution in [0.15, 0.2) is 146 Å². The molecule has 0 aliphatic carbocycles. The van der Waals surface area contributed by atoms with E-state index in [1.54, 1.807) is 0 Å². The summed E-state index contributed by atoms with van der Waals surface area (Å²) in [5, 5.41) is 9.73. The van der Waals surface area contributed by atoms with Crippen molar-refractivity contribution >= 4 is 17.9 Å². The number of hydrogen-bond donors (Lipinski definition) is 1. The number of nitrogens with zero attached hydrogens (tertiary/aromatic N) is 1. The summed E-state index contributed by atoms with van der Waals surface area (Å²) in [6, 6.07) is 0. The summed E-state index contributed by atoms with van der Waals surface area (Å²) in [6.07, 6.45) is 89.5. The zero-order valence-electron chi connectivity index (χ0n) is 53.5. The van der Waals surface area contributed by atoms with Crippen LogP contribution in [0.1, 0.15) is 245 Å². The number of hydrogen-bond acceptors (Lipinski definition) is 7. The van der Waals surface area contributed by atoms with Crippen molar-refractivity contribution in [2.75, 3.05) is 47.5 Å². The number of ether oxygens (including phenoxy) is 4. The number of carbonyl (C=O) groups is 3. The van der Waals surface area contributed by atoms with Gasteiger partial charge in [-0.1, -0.05) is 262 Å². The largest absolute Gasteiger partial charge is 0.477 e. The molecule has 9 nitrogen and oxygen atoms in total. The van der Waals surface area contributed by atoms with Gasteiger partial charge in [0, 0.05) is 12.8 Å². The lowest BCUT2D eigenvalue weighted by Gasteiger charge is -2.25. The van der Waals surface area contributed by atoms with Gasteiger partial charge in [-0.2, -0.15) is 0 Å². The van der Waals surface area contributed by atoms with E-state index < -0.39 is 24.3 Å². The van der Waals surface area contributed by atoms with Crippen LogP contribution in [0.4, 0.5) is 0 Å². The summed E-state index contributed by atoms with van der Waals surface area (Å²) in [4.78, 5) is 37.6. The number of allylic oxidation sites excluding steroid dienone is 24. The Morgan fingerprint density at radius 1 is 0.361 bits per heavy atom. The van der Waals surface area contributed by atoms with Gasteiger partial charge in [-0.25, -0.2) is 4.79 Å². The average molecular weight is 1150 g/mol. The zero-order chi connectivity index (χ0) is 60.5. The van der Waals surface area contributed by atoms with Crippen molar-refractivity contribution in [3.8, 4) is 0 Å². The van der Waals surface area contributed by atoms with Crippen molar-refractivity contribution in [3.05, 3.63) is 146 Å². The first-order chi connectivity index (χ1) is 40.6. The van der Waals surface area contributed by atoms with Crippen LogP contribution < -0.4 is 0 Å². The Labute approximate surface area is 509 Å². The lowest BCUT2D eigenvalue weighted by molar-refractivity contribution is -0.870. The summed E-state index contributed by atoms with van der Waals surface area (Å²) in [7, 11) is 5.95. The van der Waals surface area contributed by atoms with Crippen LogP contribution in [-0.2, 0) is 33.3 Å². The molecular formula is C74H122NO8+. The van der Waals surface area contributed by atoms with E-state index >= 15 is 0 Å². The van der Waals surface area contributed by atoms with E-state index in [-0.39, 0.29) is 38.6 Å². The first-order valence-electron chi connectivity index (χ1n) is 33.0. The third-order valence-electron chi connectivity index (χ3n) is 13.6. The second-order valence-corrected chi connectivity index (χ2v) is 22.7. The van der Waals surface area contributed by atoms with E-state index in [1.165, 1.54) is 103 Å². The molecule has 2 unspecified atom stereocenters. The average Bonchev–Trinajstić information content (AvgIpc) is 3.46. The number of carboxylic acid groups (broad SMARTS) is 1. The molecule has 0 radical (unpaired) electrons. The maximum atomic E-state index is 12.9. The lowest BCUT2D eigenvalue weighted by Crippen LogP contribution is -2.40. The van der Waals surface area contributed by atoms with E-state index in [9.17, 15) is 19.5 Å². The number of likely N-dealkylation sites (N-methyl/N-ethyl adjacent to an activating group) is 1. The molecule has 0 amide bonds. The van der Waals surface area contributed by atoms with Crippen LogP contribution in [0.2, 0.25) is 0 Å². The number of rotatable bonds is 59. The first-order valence-corrected chi connectivity index (χ1v) is 33.0. The second kappa shape index (κ2) is 63.2. The number of carbonyl (C=O) groups excluding carboxylic acids is 2. The molecule has 0 aromatic heterocycles. The van der Waals surface area contributed by atoms with Gasteiger partial charge in [-0.05, 0) is 116 Å². The molecule has 0 bridgehead atoms. The van der Waals surface area contributed by atoms with E-state index in [2.05, 4.69) is 160 Å². The van der Waals surface area contributed by atoms with Gasteiger partial charge in [0.2, 0.25) is 0 Å². The Morgan fingerprint density at radius 3 is 0.988 bits per heavy atom. The van der Waals surface area contributed by atoms with Crippen molar-refractivity contribution in [2.45, 2.75) is 257 Å². The van der Waals surface area contributed by atoms with Crippen LogP contribution >= 0.6 is 0 Å². The van der Waals surface area contributed by atoms with Gasteiger partial charge in [-0.3, -0.25) is 9.59 Å². The molecule has 0 rings (SSSR count). The molecular weight excluding hydrogens is 1030 g/mol. The van der Waals surface area contributed by atoms with Gasteiger partial charge in [0.15, 0.2) is 6.10 Å². The third-order valence-corrected chi connectivity index (χ3v) is 13.6. The number of aliphatic carboxylic acids is 1.